The molecule has 1 unspecified atom stereocenters. The van der Waals surface area contributed by atoms with E-state index >= 15 is 0 Å². The van der Waals surface area contributed by atoms with Crippen molar-refractivity contribution in [3.63, 3.8) is 0 Å². The molecule has 1 aromatic heterocycles. The molecule has 1 atom stereocenters. The number of ether oxygens (including phenoxy) is 1. The third-order valence-electron chi connectivity index (χ3n) is 3.15. The van der Waals surface area contributed by atoms with Crippen molar-refractivity contribution in [3.8, 4) is 0 Å². The number of carbonyl (C=O) groups excluding carboxylic acids is 1. The van der Waals surface area contributed by atoms with E-state index in [9.17, 15) is 14.9 Å². The number of aromatic nitrogens is 2. The van der Waals surface area contributed by atoms with E-state index in [4.69, 9.17) is 4.74 Å². The second-order valence-corrected chi connectivity index (χ2v) is 4.46. The molecule has 1 aliphatic heterocycles. The van der Waals surface area contributed by atoms with Crippen molar-refractivity contribution >= 4 is 17.6 Å². The Labute approximate surface area is 115 Å². The summed E-state index contributed by atoms with van der Waals surface area (Å²) in [6, 6.07) is -0.412. The molecule has 0 aliphatic carbocycles. The third-order valence-corrected chi connectivity index (χ3v) is 3.15. The van der Waals surface area contributed by atoms with Crippen molar-refractivity contribution in [1.29, 1.82) is 0 Å². The van der Waals surface area contributed by atoms with Crippen LogP contribution >= 0.6 is 0 Å². The molecule has 2 heterocycles. The summed E-state index contributed by atoms with van der Waals surface area (Å²) in [5.74, 6) is 0.0301. The molecule has 1 aliphatic rings. The summed E-state index contributed by atoms with van der Waals surface area (Å²) in [5.41, 5.74) is -0.168. The number of esters is 1. The summed E-state index contributed by atoms with van der Waals surface area (Å²) in [6.45, 7) is 2.72. The molecule has 0 bridgehead atoms. The van der Waals surface area contributed by atoms with Gasteiger partial charge < -0.3 is 9.64 Å². The number of anilines is 1. The Morgan fingerprint density at radius 1 is 1.50 bits per heavy atom. The second-order valence-electron chi connectivity index (χ2n) is 4.46. The van der Waals surface area contributed by atoms with Gasteiger partial charge in [0.25, 0.3) is 0 Å². The smallest absolute Gasteiger partial charge is 0.328 e. The minimum Gasteiger partial charge on any atom is -0.464 e. The van der Waals surface area contributed by atoms with Gasteiger partial charge in [0.2, 0.25) is 5.95 Å². The molecule has 1 aromatic rings. The van der Waals surface area contributed by atoms with Crippen molar-refractivity contribution in [2.75, 3.05) is 18.1 Å². The van der Waals surface area contributed by atoms with Gasteiger partial charge in [-0.2, -0.15) is 0 Å². The van der Waals surface area contributed by atoms with Crippen LogP contribution in [0.4, 0.5) is 11.6 Å². The molecule has 0 aromatic carbocycles. The van der Waals surface area contributed by atoms with E-state index < -0.39 is 11.0 Å². The first-order chi connectivity index (χ1) is 9.63. The fraction of sp³-hybridized carbons (Fsp3) is 0.583. The first kappa shape index (κ1) is 14.2. The van der Waals surface area contributed by atoms with Crippen LogP contribution in [0.1, 0.15) is 26.2 Å². The highest BCUT2D eigenvalue weighted by molar-refractivity contribution is 5.79. The summed E-state index contributed by atoms with van der Waals surface area (Å²) in [6.07, 6.45) is 4.85. The molecule has 8 heteroatoms. The van der Waals surface area contributed by atoms with E-state index in [1.54, 1.807) is 11.8 Å². The van der Waals surface area contributed by atoms with Crippen molar-refractivity contribution < 1.29 is 14.5 Å². The Balaban J connectivity index is 2.18. The molecule has 0 amide bonds. The van der Waals surface area contributed by atoms with Gasteiger partial charge in [0.15, 0.2) is 0 Å². The molecule has 1 saturated heterocycles. The van der Waals surface area contributed by atoms with Crippen molar-refractivity contribution in [3.05, 3.63) is 22.5 Å². The molecular formula is C12H16N4O4. The highest BCUT2D eigenvalue weighted by Gasteiger charge is 2.31. The SMILES string of the molecule is CCOC(=O)C1CCCCN1c1ncc([N+](=O)[O-])cn1. The minimum absolute atomic E-state index is 0.168. The monoisotopic (exact) mass is 280 g/mol. The number of hydrogen-bond donors (Lipinski definition) is 0. The van der Waals surface area contributed by atoms with Crippen LogP contribution in [0.3, 0.4) is 0 Å². The standard InChI is InChI=1S/C12H16N4O4/c1-2-20-11(17)10-5-3-4-6-15(10)12-13-7-9(8-14-12)16(18)19/h7-8,10H,2-6H2,1H3. The number of carbonyl (C=O) groups is 1. The topological polar surface area (TPSA) is 98.5 Å². The maximum Gasteiger partial charge on any atom is 0.328 e. The van der Waals surface area contributed by atoms with Crippen LogP contribution in [0.5, 0.6) is 0 Å². The Morgan fingerprint density at radius 2 is 2.20 bits per heavy atom. The molecular weight excluding hydrogens is 264 g/mol. The highest BCUT2D eigenvalue weighted by Crippen LogP contribution is 2.23. The molecule has 1 fully saturated rings. The van der Waals surface area contributed by atoms with Gasteiger partial charge >= 0.3 is 11.7 Å². The van der Waals surface area contributed by atoms with Gasteiger partial charge in [-0.3, -0.25) is 10.1 Å². The quantitative estimate of drug-likeness (QED) is 0.465. The number of piperidine rings is 1. The summed E-state index contributed by atoms with van der Waals surface area (Å²) < 4.78 is 5.05. The van der Waals surface area contributed by atoms with E-state index in [0.29, 0.717) is 25.5 Å². The van der Waals surface area contributed by atoms with Crippen molar-refractivity contribution in [2.24, 2.45) is 0 Å². The summed E-state index contributed by atoms with van der Waals surface area (Å²) in [5, 5.41) is 10.6. The van der Waals surface area contributed by atoms with Crippen LogP contribution in [0.2, 0.25) is 0 Å². The molecule has 8 nitrogen and oxygen atoms in total. The predicted molar refractivity (Wildman–Crippen MR) is 70.3 cm³/mol. The Kier molecular flexibility index (Phi) is 4.44. The first-order valence-corrected chi connectivity index (χ1v) is 6.53. The van der Waals surface area contributed by atoms with Crippen LogP contribution in [-0.2, 0) is 9.53 Å². The molecule has 108 valence electrons. The molecule has 0 N–H and O–H groups in total. The number of rotatable bonds is 4. The van der Waals surface area contributed by atoms with Gasteiger partial charge in [-0.1, -0.05) is 0 Å². The lowest BCUT2D eigenvalue weighted by Gasteiger charge is -2.33. The largest absolute Gasteiger partial charge is 0.464 e. The Bertz CT molecular complexity index is 491. The van der Waals surface area contributed by atoms with Gasteiger partial charge in [0.05, 0.1) is 11.5 Å². The minimum atomic E-state index is -0.553. The predicted octanol–water partition coefficient (Wildman–Crippen LogP) is 1.31. The fourth-order valence-corrected chi connectivity index (χ4v) is 2.21. The summed E-state index contributed by atoms with van der Waals surface area (Å²) >= 11 is 0. The van der Waals surface area contributed by atoms with Gasteiger partial charge in [-0.15, -0.1) is 0 Å². The van der Waals surface area contributed by atoms with Crippen molar-refractivity contribution in [2.45, 2.75) is 32.2 Å². The van der Waals surface area contributed by atoms with E-state index in [1.165, 1.54) is 0 Å². The Hall–Kier alpha value is -2.25. The average molecular weight is 280 g/mol. The lowest BCUT2D eigenvalue weighted by Crippen LogP contribution is -2.46. The highest BCUT2D eigenvalue weighted by atomic mass is 16.6. The zero-order chi connectivity index (χ0) is 14.5. The zero-order valence-corrected chi connectivity index (χ0v) is 11.2. The van der Waals surface area contributed by atoms with Crippen molar-refractivity contribution in [1.82, 2.24) is 9.97 Å². The first-order valence-electron chi connectivity index (χ1n) is 6.53. The third kappa shape index (κ3) is 3.01. The van der Waals surface area contributed by atoms with Gasteiger partial charge in [0, 0.05) is 6.54 Å². The summed E-state index contributed by atoms with van der Waals surface area (Å²) in [4.78, 5) is 31.7. The average Bonchev–Trinajstić information content (AvgIpc) is 2.47. The molecule has 0 spiro atoms. The van der Waals surface area contributed by atoms with Crippen LogP contribution < -0.4 is 4.90 Å². The van der Waals surface area contributed by atoms with E-state index in [2.05, 4.69) is 9.97 Å². The second kappa shape index (κ2) is 6.27. The van der Waals surface area contributed by atoms with E-state index in [-0.39, 0.29) is 11.7 Å². The van der Waals surface area contributed by atoms with Crippen LogP contribution in [0, 0.1) is 10.1 Å². The fourth-order valence-electron chi connectivity index (χ4n) is 2.21. The van der Waals surface area contributed by atoms with Crippen LogP contribution in [-0.4, -0.2) is 40.1 Å². The van der Waals surface area contributed by atoms with Gasteiger partial charge in [0.1, 0.15) is 18.4 Å². The maximum atomic E-state index is 11.9. The number of nitrogens with zero attached hydrogens (tertiary/aromatic N) is 4. The number of nitro groups is 1. The summed E-state index contributed by atoms with van der Waals surface area (Å²) in [7, 11) is 0. The lowest BCUT2D eigenvalue weighted by molar-refractivity contribution is -0.385. The van der Waals surface area contributed by atoms with E-state index in [0.717, 1.165) is 25.2 Å². The normalized spacial score (nSPS) is 18.6. The van der Waals surface area contributed by atoms with Gasteiger partial charge in [-0.05, 0) is 26.2 Å². The molecule has 0 saturated carbocycles. The Morgan fingerprint density at radius 3 is 2.80 bits per heavy atom. The molecule has 2 rings (SSSR count). The molecule has 20 heavy (non-hydrogen) atoms. The number of hydrogen-bond acceptors (Lipinski definition) is 7. The van der Waals surface area contributed by atoms with Gasteiger partial charge in [-0.25, -0.2) is 14.8 Å². The lowest BCUT2D eigenvalue weighted by atomic mass is 10.0. The van der Waals surface area contributed by atoms with E-state index in [1.807, 2.05) is 0 Å². The van der Waals surface area contributed by atoms with Crippen LogP contribution in [0.15, 0.2) is 12.4 Å². The maximum absolute atomic E-state index is 11.9. The van der Waals surface area contributed by atoms with Crippen LogP contribution in [0.25, 0.3) is 0 Å². The zero-order valence-electron chi connectivity index (χ0n) is 11.2. The molecule has 0 radical (unpaired) electrons.